The third-order valence-electron chi connectivity index (χ3n) is 10.5. The fraction of sp³-hybridized carbons (Fsp3) is 0.917. The minimum atomic E-state index is 0.0577. The summed E-state index contributed by atoms with van der Waals surface area (Å²) in [5.41, 5.74) is 0. The normalized spacial score (nSPS) is 12.9. The van der Waals surface area contributed by atoms with Gasteiger partial charge in [0, 0.05) is 13.2 Å². The Morgan fingerprint density at radius 3 is 1.26 bits per heavy atom. The number of rotatable bonds is 46. The average Bonchev–Trinajstić information content (AvgIpc) is 3.16. The largest absolute Gasteiger partial charge is 0.394 e. The molecule has 0 aromatic carbocycles. The lowest BCUT2D eigenvalue weighted by atomic mass is 10.1. The Balaban J connectivity index is 4.12. The van der Waals surface area contributed by atoms with Gasteiger partial charge in [-0.3, -0.25) is 0 Å². The van der Waals surface area contributed by atoms with Gasteiger partial charge in [-0.25, -0.2) is 0 Å². The van der Waals surface area contributed by atoms with E-state index in [2.05, 4.69) is 52.2 Å². The second-order valence-electron chi connectivity index (χ2n) is 16.6. The first-order valence-electron chi connectivity index (χ1n) is 23.6. The molecule has 0 radical (unpaired) electrons. The quantitative estimate of drug-likeness (QED) is 0.0380. The Kier molecular flexibility index (Phi) is 44.3. The molecule has 0 saturated carbocycles. The predicted octanol–water partition coefficient (Wildman–Crippen LogP) is 13.0. The van der Waals surface area contributed by atoms with Crippen molar-refractivity contribution in [2.75, 3.05) is 80.0 Å². The lowest BCUT2D eigenvalue weighted by Gasteiger charge is -2.33. The van der Waals surface area contributed by atoms with Crippen LogP contribution in [0.3, 0.4) is 0 Å². The van der Waals surface area contributed by atoms with Crippen LogP contribution in [0.4, 0.5) is 0 Å². The molecule has 54 heavy (non-hydrogen) atoms. The van der Waals surface area contributed by atoms with E-state index in [4.69, 9.17) is 24.1 Å². The van der Waals surface area contributed by atoms with Gasteiger partial charge in [-0.1, -0.05) is 160 Å². The van der Waals surface area contributed by atoms with Crippen LogP contribution in [0, 0.1) is 0 Å². The molecular formula is C48H96NO5+. The van der Waals surface area contributed by atoms with Crippen molar-refractivity contribution in [3.8, 4) is 0 Å². The number of aliphatic hydroxyl groups is 1. The van der Waals surface area contributed by atoms with Gasteiger partial charge in [-0.2, -0.15) is 0 Å². The van der Waals surface area contributed by atoms with Crippen LogP contribution in [0.15, 0.2) is 24.3 Å². The standard InChI is InChI=1S/C48H96NO5/c1-5-7-9-11-13-15-17-19-21-23-24-26-28-30-32-34-36-40-53-47-48(46-49(3,4)38-42-51-44-45-52-43-39-50)54-41-37-35-33-31-29-27-25-22-20-18-16-14-12-10-8-6-2/h20-23,48,50H,5-19,24-47H2,1-4H3/q+1/b22-20+,23-21+. The summed E-state index contributed by atoms with van der Waals surface area (Å²) in [6, 6.07) is 0. The molecule has 0 aliphatic heterocycles. The molecule has 0 aliphatic carbocycles. The van der Waals surface area contributed by atoms with Gasteiger partial charge in [0.1, 0.15) is 19.2 Å². The van der Waals surface area contributed by atoms with E-state index >= 15 is 0 Å². The summed E-state index contributed by atoms with van der Waals surface area (Å²) in [5.74, 6) is 0. The summed E-state index contributed by atoms with van der Waals surface area (Å²) >= 11 is 0. The molecule has 0 fully saturated rings. The van der Waals surface area contributed by atoms with E-state index in [1.807, 2.05) is 0 Å². The highest BCUT2D eigenvalue weighted by atomic mass is 16.5. The zero-order chi connectivity index (χ0) is 39.3. The van der Waals surface area contributed by atoms with Gasteiger partial charge < -0.3 is 28.5 Å². The van der Waals surface area contributed by atoms with Gasteiger partial charge in [-0.15, -0.1) is 0 Å². The van der Waals surface area contributed by atoms with Gasteiger partial charge in [0.2, 0.25) is 0 Å². The van der Waals surface area contributed by atoms with Crippen molar-refractivity contribution < 1.29 is 28.5 Å². The third kappa shape index (κ3) is 44.0. The second-order valence-corrected chi connectivity index (χ2v) is 16.6. The molecule has 0 heterocycles. The minimum Gasteiger partial charge on any atom is -0.394 e. The first kappa shape index (κ1) is 53.2. The summed E-state index contributed by atoms with van der Waals surface area (Å²) in [7, 11) is 4.52. The SMILES string of the molecule is CCCCCCCC/C=C/CCCCCCCCOC(COCCCCCCCC/C=C/CCCCCCCCC)C[N+](C)(C)CCOCCOCCO. The lowest BCUT2D eigenvalue weighted by molar-refractivity contribution is -0.894. The minimum absolute atomic E-state index is 0.0577. The number of likely N-dealkylation sites (N-methyl/N-ethyl adjacent to an activating group) is 1. The summed E-state index contributed by atoms with van der Waals surface area (Å²) in [5, 5.41) is 8.86. The van der Waals surface area contributed by atoms with E-state index in [0.717, 1.165) is 43.6 Å². The van der Waals surface area contributed by atoms with Crippen LogP contribution in [0.25, 0.3) is 0 Å². The topological polar surface area (TPSA) is 57.2 Å². The highest BCUT2D eigenvalue weighted by Gasteiger charge is 2.23. The molecule has 0 amide bonds. The zero-order valence-electron chi connectivity index (χ0n) is 37.0. The predicted molar refractivity (Wildman–Crippen MR) is 235 cm³/mol. The van der Waals surface area contributed by atoms with Crippen LogP contribution >= 0.6 is 0 Å². The molecule has 0 aromatic heterocycles. The summed E-state index contributed by atoms with van der Waals surface area (Å²) < 4.78 is 24.6. The molecule has 6 nitrogen and oxygen atoms in total. The molecule has 0 aliphatic rings. The van der Waals surface area contributed by atoms with Crippen molar-refractivity contribution in [1.82, 2.24) is 0 Å². The van der Waals surface area contributed by atoms with Gasteiger partial charge in [0.25, 0.3) is 0 Å². The molecular weight excluding hydrogens is 671 g/mol. The number of hydrogen-bond donors (Lipinski definition) is 1. The number of nitrogens with zero attached hydrogens (tertiary/aromatic N) is 1. The van der Waals surface area contributed by atoms with Gasteiger partial charge in [0.15, 0.2) is 0 Å². The van der Waals surface area contributed by atoms with Crippen molar-refractivity contribution in [3.63, 3.8) is 0 Å². The number of allylic oxidation sites excluding steroid dienone is 4. The zero-order valence-corrected chi connectivity index (χ0v) is 37.0. The Bertz CT molecular complexity index is 757. The van der Waals surface area contributed by atoms with Crippen LogP contribution < -0.4 is 0 Å². The van der Waals surface area contributed by atoms with Crippen molar-refractivity contribution in [2.24, 2.45) is 0 Å². The number of quaternary nitrogens is 1. The van der Waals surface area contributed by atoms with Crippen molar-refractivity contribution in [2.45, 2.75) is 206 Å². The van der Waals surface area contributed by atoms with Crippen LogP contribution in [0.1, 0.15) is 200 Å². The Hall–Kier alpha value is -0.760. The molecule has 6 heteroatoms. The monoisotopic (exact) mass is 767 g/mol. The van der Waals surface area contributed by atoms with Crippen LogP contribution in [-0.4, -0.2) is 95.7 Å². The average molecular weight is 767 g/mol. The second kappa shape index (κ2) is 44.9. The maximum atomic E-state index is 8.86. The Morgan fingerprint density at radius 2 is 0.815 bits per heavy atom. The van der Waals surface area contributed by atoms with E-state index in [1.165, 1.54) is 173 Å². The lowest BCUT2D eigenvalue weighted by Crippen LogP contribution is -2.49. The van der Waals surface area contributed by atoms with E-state index in [1.54, 1.807) is 0 Å². The van der Waals surface area contributed by atoms with Crippen molar-refractivity contribution in [3.05, 3.63) is 24.3 Å². The number of unbranched alkanes of at least 4 members (excludes halogenated alkanes) is 25. The summed E-state index contributed by atoms with van der Waals surface area (Å²) in [6.45, 7) is 11.0. The molecule has 1 atom stereocenters. The molecule has 0 bridgehead atoms. The molecule has 0 saturated heterocycles. The molecule has 0 rings (SSSR count). The number of aliphatic hydroxyl groups excluding tert-OH is 1. The first-order chi connectivity index (χ1) is 26.6. The van der Waals surface area contributed by atoms with Crippen LogP contribution in [0.5, 0.6) is 0 Å². The van der Waals surface area contributed by atoms with Gasteiger partial charge in [0.05, 0.1) is 53.7 Å². The maximum Gasteiger partial charge on any atom is 0.130 e. The Morgan fingerprint density at radius 1 is 0.426 bits per heavy atom. The van der Waals surface area contributed by atoms with Crippen LogP contribution in [-0.2, 0) is 18.9 Å². The highest BCUT2D eigenvalue weighted by molar-refractivity contribution is 4.82. The smallest absolute Gasteiger partial charge is 0.130 e. The number of hydrogen-bond acceptors (Lipinski definition) is 5. The molecule has 0 aromatic rings. The first-order valence-corrected chi connectivity index (χ1v) is 23.6. The third-order valence-corrected chi connectivity index (χ3v) is 10.5. The van der Waals surface area contributed by atoms with Crippen molar-refractivity contribution >= 4 is 0 Å². The number of ether oxygens (including phenoxy) is 4. The fourth-order valence-electron chi connectivity index (χ4n) is 6.94. The molecule has 0 spiro atoms. The highest BCUT2D eigenvalue weighted by Crippen LogP contribution is 2.13. The summed E-state index contributed by atoms with van der Waals surface area (Å²) in [4.78, 5) is 0. The van der Waals surface area contributed by atoms with Gasteiger partial charge >= 0.3 is 0 Å². The van der Waals surface area contributed by atoms with Crippen molar-refractivity contribution in [1.29, 1.82) is 0 Å². The van der Waals surface area contributed by atoms with E-state index in [-0.39, 0.29) is 12.7 Å². The Labute approximate surface area is 338 Å². The molecule has 1 unspecified atom stereocenters. The van der Waals surface area contributed by atoms with Gasteiger partial charge in [-0.05, 0) is 64.2 Å². The molecule has 1 N–H and O–H groups in total. The molecule has 322 valence electrons. The summed E-state index contributed by atoms with van der Waals surface area (Å²) in [6.07, 6.45) is 48.4. The van der Waals surface area contributed by atoms with E-state index in [9.17, 15) is 0 Å². The van der Waals surface area contributed by atoms with E-state index in [0.29, 0.717) is 33.0 Å². The van der Waals surface area contributed by atoms with E-state index < -0.39 is 0 Å². The van der Waals surface area contributed by atoms with Crippen LogP contribution in [0.2, 0.25) is 0 Å². The fourth-order valence-corrected chi connectivity index (χ4v) is 6.94. The maximum absolute atomic E-state index is 8.86.